The molecule has 2 aromatic rings. The zero-order valence-corrected chi connectivity index (χ0v) is 14.8. The summed E-state index contributed by atoms with van der Waals surface area (Å²) in [6, 6.07) is 6.12. The molecule has 1 spiro atoms. The van der Waals surface area contributed by atoms with Gasteiger partial charge in [-0.3, -0.25) is 9.89 Å². The minimum atomic E-state index is -0.286. The van der Waals surface area contributed by atoms with Gasteiger partial charge in [0, 0.05) is 19.5 Å². The Labute approximate surface area is 152 Å². The van der Waals surface area contributed by atoms with E-state index in [4.69, 9.17) is 9.47 Å². The molecule has 1 N–H and O–H groups in total. The van der Waals surface area contributed by atoms with Gasteiger partial charge in [0.15, 0.2) is 0 Å². The maximum Gasteiger partial charge on any atom is 0.226 e. The number of nitrogens with one attached hydrogen (secondary N) is 1. The smallest absolute Gasteiger partial charge is 0.226 e. The molecule has 0 unspecified atom stereocenters. The standard InChI is InChI=1S/C20H23N3O3/c24-18(12-14-1-2-17-15(11-14)3-9-25-17)23-7-5-20(6-8-23)19-16(4-10-26-20)13-21-22-19/h1-2,11,13H,3-10,12H2,(H,21,22). The number of hydrogen-bond donors (Lipinski definition) is 1. The van der Waals surface area contributed by atoms with Crippen LogP contribution in [0.1, 0.15) is 35.2 Å². The first-order valence-electron chi connectivity index (χ1n) is 9.43. The largest absolute Gasteiger partial charge is 0.493 e. The van der Waals surface area contributed by atoms with Gasteiger partial charge in [0.2, 0.25) is 5.91 Å². The Bertz CT molecular complexity index is 837. The molecular weight excluding hydrogens is 330 g/mol. The normalized spacial score (nSPS) is 20.5. The van der Waals surface area contributed by atoms with E-state index in [1.807, 2.05) is 23.2 Å². The van der Waals surface area contributed by atoms with Crippen molar-refractivity contribution in [3.63, 3.8) is 0 Å². The van der Waals surface area contributed by atoms with Gasteiger partial charge in [-0.05, 0) is 42.0 Å². The maximum absolute atomic E-state index is 12.8. The van der Waals surface area contributed by atoms with E-state index in [0.29, 0.717) is 6.42 Å². The summed E-state index contributed by atoms with van der Waals surface area (Å²) in [6.45, 7) is 2.94. The van der Waals surface area contributed by atoms with Crippen LogP contribution in [0.25, 0.3) is 0 Å². The summed E-state index contributed by atoms with van der Waals surface area (Å²) in [5, 5.41) is 7.33. The van der Waals surface area contributed by atoms with E-state index in [-0.39, 0.29) is 11.5 Å². The first kappa shape index (κ1) is 15.9. The van der Waals surface area contributed by atoms with Gasteiger partial charge in [0.25, 0.3) is 0 Å². The van der Waals surface area contributed by atoms with Crippen molar-refractivity contribution in [1.82, 2.24) is 15.1 Å². The molecule has 5 rings (SSSR count). The molecule has 0 saturated carbocycles. The van der Waals surface area contributed by atoms with Crippen LogP contribution in [0, 0.1) is 0 Å². The average molecular weight is 353 g/mol. The van der Waals surface area contributed by atoms with E-state index >= 15 is 0 Å². The lowest BCUT2D eigenvalue weighted by molar-refractivity contribution is -0.140. The van der Waals surface area contributed by atoms with Crippen molar-refractivity contribution >= 4 is 5.91 Å². The van der Waals surface area contributed by atoms with Crippen molar-refractivity contribution in [3.05, 3.63) is 46.8 Å². The molecule has 3 aliphatic rings. The van der Waals surface area contributed by atoms with Gasteiger partial charge < -0.3 is 14.4 Å². The molecule has 1 aromatic heterocycles. The van der Waals surface area contributed by atoms with Gasteiger partial charge in [-0.15, -0.1) is 0 Å². The Morgan fingerprint density at radius 1 is 1.19 bits per heavy atom. The SMILES string of the molecule is O=C(Cc1ccc2c(c1)CCO2)N1CCC2(CC1)OCCc1cn[nH]c12. The summed E-state index contributed by atoms with van der Waals surface area (Å²) in [5.41, 5.74) is 4.39. The topological polar surface area (TPSA) is 67.4 Å². The zero-order chi connectivity index (χ0) is 17.6. The minimum Gasteiger partial charge on any atom is -0.493 e. The van der Waals surface area contributed by atoms with Crippen molar-refractivity contribution in [2.75, 3.05) is 26.3 Å². The zero-order valence-electron chi connectivity index (χ0n) is 14.8. The van der Waals surface area contributed by atoms with Crippen LogP contribution in [0.5, 0.6) is 5.75 Å². The summed E-state index contributed by atoms with van der Waals surface area (Å²) in [4.78, 5) is 14.7. The number of nitrogens with zero attached hydrogens (tertiary/aromatic N) is 2. The van der Waals surface area contributed by atoms with Crippen molar-refractivity contribution in [2.45, 2.75) is 37.7 Å². The molecule has 26 heavy (non-hydrogen) atoms. The number of carbonyl (C=O) groups excluding carboxylic acids is 1. The second-order valence-corrected chi connectivity index (χ2v) is 7.46. The Morgan fingerprint density at radius 2 is 2.04 bits per heavy atom. The third-order valence-electron chi connectivity index (χ3n) is 5.96. The summed E-state index contributed by atoms with van der Waals surface area (Å²) in [5.74, 6) is 1.16. The predicted octanol–water partition coefficient (Wildman–Crippen LogP) is 1.98. The molecule has 1 fully saturated rings. The number of rotatable bonds is 2. The third kappa shape index (κ3) is 2.60. The lowest BCUT2D eigenvalue weighted by Gasteiger charge is -2.43. The molecule has 1 aromatic carbocycles. The van der Waals surface area contributed by atoms with E-state index < -0.39 is 0 Å². The molecule has 0 bridgehead atoms. The quantitative estimate of drug-likeness (QED) is 0.896. The first-order chi connectivity index (χ1) is 12.7. The fraction of sp³-hybridized carbons (Fsp3) is 0.500. The summed E-state index contributed by atoms with van der Waals surface area (Å²) >= 11 is 0. The number of likely N-dealkylation sites (tertiary alicyclic amines) is 1. The highest BCUT2D eigenvalue weighted by molar-refractivity contribution is 5.79. The number of amides is 1. The molecule has 0 atom stereocenters. The highest BCUT2D eigenvalue weighted by Gasteiger charge is 2.43. The number of ether oxygens (including phenoxy) is 2. The van der Waals surface area contributed by atoms with Crippen molar-refractivity contribution < 1.29 is 14.3 Å². The molecule has 136 valence electrons. The number of aromatic nitrogens is 2. The molecule has 1 amide bonds. The maximum atomic E-state index is 12.8. The lowest BCUT2D eigenvalue weighted by atomic mass is 9.83. The summed E-state index contributed by atoms with van der Waals surface area (Å²) in [6.07, 6.45) is 5.87. The van der Waals surface area contributed by atoms with Gasteiger partial charge >= 0.3 is 0 Å². The molecule has 0 aliphatic carbocycles. The molecule has 0 radical (unpaired) electrons. The lowest BCUT2D eigenvalue weighted by Crippen LogP contribution is -2.48. The highest BCUT2D eigenvalue weighted by atomic mass is 16.5. The Kier molecular flexibility index (Phi) is 3.74. The number of carbonyl (C=O) groups is 1. The van der Waals surface area contributed by atoms with E-state index in [1.54, 1.807) is 0 Å². The van der Waals surface area contributed by atoms with E-state index in [0.717, 1.165) is 69.0 Å². The van der Waals surface area contributed by atoms with Crippen molar-refractivity contribution in [3.8, 4) is 5.75 Å². The molecule has 6 heteroatoms. The third-order valence-corrected chi connectivity index (χ3v) is 5.96. The summed E-state index contributed by atoms with van der Waals surface area (Å²) in [7, 11) is 0. The van der Waals surface area contributed by atoms with E-state index in [9.17, 15) is 4.79 Å². The minimum absolute atomic E-state index is 0.194. The number of piperidine rings is 1. The Hall–Kier alpha value is -2.34. The number of aromatic amines is 1. The van der Waals surface area contributed by atoms with Crippen LogP contribution >= 0.6 is 0 Å². The van der Waals surface area contributed by atoms with Gasteiger partial charge in [0.05, 0.1) is 31.5 Å². The van der Waals surface area contributed by atoms with E-state index in [1.165, 1.54) is 11.1 Å². The summed E-state index contributed by atoms with van der Waals surface area (Å²) < 4.78 is 11.7. The fourth-order valence-corrected chi connectivity index (χ4v) is 4.47. The monoisotopic (exact) mass is 353 g/mol. The van der Waals surface area contributed by atoms with E-state index in [2.05, 4.69) is 16.3 Å². The second-order valence-electron chi connectivity index (χ2n) is 7.46. The van der Waals surface area contributed by atoms with Crippen LogP contribution in [-0.2, 0) is 34.4 Å². The average Bonchev–Trinajstić information content (AvgIpc) is 3.31. The van der Waals surface area contributed by atoms with Crippen molar-refractivity contribution in [1.29, 1.82) is 0 Å². The van der Waals surface area contributed by atoms with Gasteiger partial charge in [0.1, 0.15) is 11.4 Å². The Morgan fingerprint density at radius 3 is 2.92 bits per heavy atom. The van der Waals surface area contributed by atoms with Crippen LogP contribution in [-0.4, -0.2) is 47.3 Å². The number of H-pyrrole nitrogens is 1. The molecule has 3 aliphatic heterocycles. The van der Waals surface area contributed by atoms with Gasteiger partial charge in [-0.25, -0.2) is 0 Å². The molecule has 6 nitrogen and oxygen atoms in total. The molecular formula is C20H23N3O3. The fourth-order valence-electron chi connectivity index (χ4n) is 4.47. The van der Waals surface area contributed by atoms with Crippen LogP contribution < -0.4 is 4.74 Å². The Balaban J connectivity index is 1.25. The predicted molar refractivity (Wildman–Crippen MR) is 95.1 cm³/mol. The molecule has 1 saturated heterocycles. The van der Waals surface area contributed by atoms with Crippen molar-refractivity contribution in [2.24, 2.45) is 0 Å². The molecule has 4 heterocycles. The van der Waals surface area contributed by atoms with Crippen LogP contribution in [0.15, 0.2) is 24.4 Å². The first-order valence-corrected chi connectivity index (χ1v) is 9.43. The second kappa shape index (κ2) is 6.13. The highest BCUT2D eigenvalue weighted by Crippen LogP contribution is 2.40. The number of hydrogen-bond acceptors (Lipinski definition) is 4. The number of fused-ring (bicyclic) bond motifs is 3. The van der Waals surface area contributed by atoms with Gasteiger partial charge in [-0.1, -0.05) is 12.1 Å². The van der Waals surface area contributed by atoms with Gasteiger partial charge in [-0.2, -0.15) is 5.10 Å². The van der Waals surface area contributed by atoms with Crippen LogP contribution in [0.2, 0.25) is 0 Å². The van der Waals surface area contributed by atoms with Crippen LogP contribution in [0.4, 0.5) is 0 Å². The number of benzene rings is 1. The van der Waals surface area contributed by atoms with Crippen LogP contribution in [0.3, 0.4) is 0 Å².